The van der Waals surface area contributed by atoms with Crippen LogP contribution in [0.5, 0.6) is 0 Å². The van der Waals surface area contributed by atoms with Gasteiger partial charge in [-0.05, 0) is 13.0 Å². The van der Waals surface area contributed by atoms with Crippen molar-refractivity contribution in [1.82, 2.24) is 4.98 Å². The van der Waals surface area contributed by atoms with Crippen molar-refractivity contribution >= 4 is 28.2 Å². The van der Waals surface area contributed by atoms with E-state index >= 15 is 0 Å². The molecule has 0 aliphatic carbocycles. The van der Waals surface area contributed by atoms with Crippen molar-refractivity contribution in [3.05, 3.63) is 17.8 Å². The summed E-state index contributed by atoms with van der Waals surface area (Å²) in [4.78, 5) is 14.4. The normalized spacial score (nSPS) is 14.6. The zero-order valence-electron chi connectivity index (χ0n) is 10.4. The molecule has 1 amide bonds. The third-order valence-corrected chi connectivity index (χ3v) is 3.78. The van der Waals surface area contributed by atoms with Gasteiger partial charge < -0.3 is 10.0 Å². The first-order chi connectivity index (χ1) is 8.95. The lowest BCUT2D eigenvalue weighted by Gasteiger charge is -2.08. The molecule has 0 saturated carbocycles. The molecule has 0 spiro atoms. The highest BCUT2D eigenvalue weighted by Gasteiger charge is 2.39. The topological polar surface area (TPSA) is 99.9 Å². The van der Waals surface area contributed by atoms with Crippen LogP contribution in [0.1, 0.15) is 5.69 Å². The van der Waals surface area contributed by atoms with Crippen molar-refractivity contribution in [1.29, 1.82) is 0 Å². The molecular formula is C9H10BF3N2O4S. The lowest BCUT2D eigenvalue weighted by Crippen LogP contribution is -2.33. The van der Waals surface area contributed by atoms with E-state index in [1.807, 2.05) is 0 Å². The Kier molecular flexibility index (Phi) is 4.57. The Morgan fingerprint density at radius 3 is 2.35 bits per heavy atom. The first-order valence-corrected chi connectivity index (χ1v) is 7.04. The molecule has 1 atom stereocenters. The maximum atomic E-state index is 12.1. The van der Waals surface area contributed by atoms with Crippen LogP contribution in [0, 0.1) is 6.92 Å². The van der Waals surface area contributed by atoms with Crippen LogP contribution in [0.3, 0.4) is 0 Å². The molecule has 0 bridgehead atoms. The second-order valence-corrected chi connectivity index (χ2v) is 6.10. The SMILES string of the molecule is Cc1nc(S(C)(=O)=NC(=O)C(F)(F)F)ccc1B(O)O. The number of amides is 1. The zero-order valence-corrected chi connectivity index (χ0v) is 11.2. The molecule has 1 heterocycles. The third kappa shape index (κ3) is 3.77. The lowest BCUT2D eigenvalue weighted by atomic mass is 9.79. The average Bonchev–Trinajstić information content (AvgIpc) is 2.26. The second-order valence-electron chi connectivity index (χ2n) is 3.89. The van der Waals surface area contributed by atoms with E-state index < -0.39 is 28.9 Å². The van der Waals surface area contributed by atoms with Crippen LogP contribution in [0.2, 0.25) is 0 Å². The number of pyridine rings is 1. The number of hydrogen-bond acceptors (Lipinski definition) is 5. The predicted molar refractivity (Wildman–Crippen MR) is 64.6 cm³/mol. The molecule has 1 unspecified atom stereocenters. The fourth-order valence-corrected chi connectivity index (χ4v) is 2.43. The highest BCUT2D eigenvalue weighted by molar-refractivity contribution is 7.93. The van der Waals surface area contributed by atoms with E-state index in [2.05, 4.69) is 9.35 Å². The third-order valence-electron chi connectivity index (χ3n) is 2.27. The number of halogens is 3. The highest BCUT2D eigenvalue weighted by atomic mass is 32.2. The van der Waals surface area contributed by atoms with Crippen molar-refractivity contribution < 1.29 is 32.2 Å². The molecule has 1 aromatic heterocycles. The summed E-state index contributed by atoms with van der Waals surface area (Å²) in [6, 6.07) is 2.16. The summed E-state index contributed by atoms with van der Waals surface area (Å²) in [6.07, 6.45) is -4.37. The monoisotopic (exact) mass is 310 g/mol. The number of aryl methyl sites for hydroxylation is 1. The Hall–Kier alpha value is -1.46. The van der Waals surface area contributed by atoms with Crippen molar-refractivity contribution in [2.45, 2.75) is 18.1 Å². The Bertz CT molecular complexity index is 653. The zero-order chi connectivity index (χ0) is 15.7. The minimum Gasteiger partial charge on any atom is -0.423 e. The number of nitrogens with zero attached hydrogens (tertiary/aromatic N) is 2. The molecule has 11 heteroatoms. The van der Waals surface area contributed by atoms with Gasteiger partial charge in [0.1, 0.15) is 5.03 Å². The van der Waals surface area contributed by atoms with Crippen molar-refractivity contribution in [2.75, 3.05) is 6.26 Å². The number of hydrogen-bond donors (Lipinski definition) is 2. The molecular weight excluding hydrogens is 300 g/mol. The molecule has 1 aromatic rings. The first kappa shape index (κ1) is 16.6. The molecule has 0 aliphatic rings. The van der Waals surface area contributed by atoms with Crippen LogP contribution in [-0.4, -0.2) is 44.7 Å². The standard InChI is InChI=1S/C9H10BF3N2O4S/c1-5-6(10(17)18)3-4-7(14-5)20(2,19)15-8(16)9(11,12)13/h3-4,17-18H,1-2H3. The van der Waals surface area contributed by atoms with E-state index in [9.17, 15) is 22.2 Å². The van der Waals surface area contributed by atoms with Gasteiger partial charge >= 0.3 is 19.2 Å². The van der Waals surface area contributed by atoms with Gasteiger partial charge in [0, 0.05) is 17.4 Å². The first-order valence-electron chi connectivity index (χ1n) is 5.12. The molecule has 1 rings (SSSR count). The maximum Gasteiger partial charge on any atom is 0.490 e. The Morgan fingerprint density at radius 1 is 1.40 bits per heavy atom. The summed E-state index contributed by atoms with van der Waals surface area (Å²) in [5.74, 6) is -2.46. The van der Waals surface area contributed by atoms with Crippen LogP contribution >= 0.6 is 0 Å². The van der Waals surface area contributed by atoms with E-state index in [1.165, 1.54) is 6.92 Å². The summed E-state index contributed by atoms with van der Waals surface area (Å²) >= 11 is 0. The molecule has 0 fully saturated rings. The minimum atomic E-state index is -5.21. The van der Waals surface area contributed by atoms with Crippen LogP contribution in [0.25, 0.3) is 0 Å². The van der Waals surface area contributed by atoms with Gasteiger partial charge in [0.25, 0.3) is 0 Å². The molecule has 110 valence electrons. The lowest BCUT2D eigenvalue weighted by molar-refractivity contribution is -0.169. The Morgan fingerprint density at radius 2 is 1.95 bits per heavy atom. The van der Waals surface area contributed by atoms with Gasteiger partial charge in [-0.25, -0.2) is 9.19 Å². The number of carbonyl (C=O) groups excluding carboxylic acids is 1. The molecule has 0 radical (unpaired) electrons. The van der Waals surface area contributed by atoms with Gasteiger partial charge in [-0.3, -0.25) is 4.79 Å². The largest absolute Gasteiger partial charge is 0.490 e. The van der Waals surface area contributed by atoms with E-state index in [0.29, 0.717) is 0 Å². The Balaban J connectivity index is 3.30. The van der Waals surface area contributed by atoms with Gasteiger partial charge in [-0.15, -0.1) is 4.36 Å². The molecule has 2 N–H and O–H groups in total. The summed E-state index contributed by atoms with van der Waals surface area (Å²) in [5, 5.41) is 17.6. The van der Waals surface area contributed by atoms with Crippen molar-refractivity contribution in [3.8, 4) is 0 Å². The molecule has 0 saturated heterocycles. The van der Waals surface area contributed by atoms with Gasteiger partial charge in [-0.2, -0.15) is 13.2 Å². The average molecular weight is 310 g/mol. The van der Waals surface area contributed by atoms with Crippen LogP contribution in [-0.2, 0) is 14.5 Å². The number of rotatable bonds is 2. The summed E-state index contributed by atoms with van der Waals surface area (Å²) in [5.41, 5.74) is 0.0628. The van der Waals surface area contributed by atoms with E-state index in [1.54, 1.807) is 0 Å². The van der Waals surface area contributed by atoms with E-state index in [-0.39, 0.29) is 16.2 Å². The fraction of sp³-hybridized carbons (Fsp3) is 0.333. The Labute approximate surface area is 113 Å². The molecule has 20 heavy (non-hydrogen) atoms. The van der Waals surface area contributed by atoms with Crippen LogP contribution in [0.4, 0.5) is 13.2 Å². The van der Waals surface area contributed by atoms with Gasteiger partial charge in [-0.1, -0.05) is 6.07 Å². The number of alkyl halides is 3. The smallest absolute Gasteiger partial charge is 0.423 e. The van der Waals surface area contributed by atoms with E-state index in [4.69, 9.17) is 10.0 Å². The molecule has 0 aliphatic heterocycles. The van der Waals surface area contributed by atoms with Crippen LogP contribution in [0.15, 0.2) is 21.5 Å². The quantitative estimate of drug-likeness (QED) is 0.725. The fourth-order valence-electron chi connectivity index (χ4n) is 1.29. The predicted octanol–water partition coefficient (Wildman–Crippen LogP) is -0.385. The van der Waals surface area contributed by atoms with Crippen LogP contribution < -0.4 is 5.46 Å². The highest BCUT2D eigenvalue weighted by Crippen LogP contribution is 2.19. The van der Waals surface area contributed by atoms with Gasteiger partial charge in [0.15, 0.2) is 0 Å². The molecule has 0 aromatic carbocycles. The molecule has 6 nitrogen and oxygen atoms in total. The van der Waals surface area contributed by atoms with Gasteiger partial charge in [0.05, 0.1) is 9.73 Å². The van der Waals surface area contributed by atoms with E-state index in [0.717, 1.165) is 18.4 Å². The summed E-state index contributed by atoms with van der Waals surface area (Å²) in [6.45, 7) is 1.35. The second kappa shape index (κ2) is 5.50. The summed E-state index contributed by atoms with van der Waals surface area (Å²) < 4.78 is 50.9. The number of carbonyl (C=O) groups is 1. The number of aromatic nitrogens is 1. The maximum absolute atomic E-state index is 12.1. The summed E-state index contributed by atoms with van der Waals surface area (Å²) in [7, 11) is -5.50. The van der Waals surface area contributed by atoms with Crippen molar-refractivity contribution in [2.24, 2.45) is 4.36 Å². The minimum absolute atomic E-state index is 0.00565. The van der Waals surface area contributed by atoms with Crippen molar-refractivity contribution in [3.63, 3.8) is 0 Å². The van der Waals surface area contributed by atoms with Gasteiger partial charge in [0.2, 0.25) is 0 Å².